The van der Waals surface area contributed by atoms with Gasteiger partial charge in [-0.2, -0.15) is 15.8 Å². The van der Waals surface area contributed by atoms with Gasteiger partial charge in [0.2, 0.25) is 0 Å². The molecule has 4 atom stereocenters. The Morgan fingerprint density at radius 3 is 1.84 bits per heavy atom. The number of rotatable bonds is 25. The maximum Gasteiger partial charge on any atom is 0.271 e. The molecule has 5 aromatic carbocycles. The van der Waals surface area contributed by atoms with Crippen molar-refractivity contribution >= 4 is 216 Å². The van der Waals surface area contributed by atoms with Gasteiger partial charge < -0.3 is 58.6 Å². The fraction of sp³-hybridized carbons (Fsp3) is 0.194. The standard InChI is InChI=1S/C21H17ClN2O4.C18H13NO4S2.C16H18N2O2S2.C15H11ClN2O2S.C15H14N2O3S.C13H14N2O2S2/c1-12(25)11-24-20(26)17(13(2)18(10-23)21(24)27)9-16-7-8-19(28-16)14-3-5-15(22)6-4-14;20-13-8-2-1-7-12(13)17(22)19-15-16(21)14(25-18(15)24)9-3-5-11-6-4-10-23-11;1-3-4-9-21-16-13(10-17)14(19)18-15(22-16)11-5-7-12(20-2)8-6-11;1-9-4-2-6-11(13(9)16)17-15-18-14(19)12(21-15)8-10-5-3-7-20-10;1-3-8-17-14(19)12(13(18)16-15(17)21)9-10-4-6-11(20-2)7-5-10;1-2-3-7-18-13-9(8-14)11(16)15-12(19-13)10-5-4-6-17-10/h3-9,12,25H,11H2,1-2H3;1-10,15,20H,(H,19,22);5-8,15H,3-4,9H2,1-2H3,(H,18,19);2-8H,1H3,(H,17,18,19);3-7,9H,1,8H2,2H3,(H,16,18,21);4-6,12H,2-3,7H2,1H3,(H,15,16)/b17-9+;5-3+,14-9+;;12-8+;12-9-;. The first-order chi connectivity index (χ1) is 65.5. The van der Waals surface area contributed by atoms with E-state index < -0.39 is 41.7 Å². The summed E-state index contributed by atoms with van der Waals surface area (Å²) in [6, 6.07) is 52.6. The number of aromatic hydroxyl groups is 1. The van der Waals surface area contributed by atoms with E-state index in [1.165, 1.54) is 71.4 Å². The van der Waals surface area contributed by atoms with E-state index in [1.807, 2.05) is 85.8 Å². The number of allylic oxidation sites excluding steroid dienone is 2. The molecule has 4 aromatic heterocycles. The van der Waals surface area contributed by atoms with E-state index in [2.05, 4.69) is 52.0 Å². The second-order valence-electron chi connectivity index (χ2n) is 28.9. The van der Waals surface area contributed by atoms with Crippen LogP contribution in [-0.2, 0) is 38.4 Å². The van der Waals surface area contributed by atoms with Gasteiger partial charge in [-0.3, -0.25) is 58.3 Å². The molecule has 38 heteroatoms. The number of unbranched alkanes of at least 4 members (excludes halogenated alkanes) is 2. The van der Waals surface area contributed by atoms with E-state index in [9.17, 15) is 63.9 Å². The van der Waals surface area contributed by atoms with Crippen molar-refractivity contribution < 1.29 is 80.5 Å². The lowest BCUT2D eigenvalue weighted by molar-refractivity contribution is -0.142. The fourth-order valence-corrected chi connectivity index (χ4v) is 20.1. The van der Waals surface area contributed by atoms with Gasteiger partial charge in [0.1, 0.15) is 103 Å². The molecular formula is C98H87Cl2N11O17S8. The Labute approximate surface area is 830 Å². The number of ether oxygens (including phenoxy) is 2. The molecular weight excluding hydrogens is 1930 g/mol. The zero-order valence-corrected chi connectivity index (χ0v) is 81.8. The van der Waals surface area contributed by atoms with Crippen LogP contribution in [0.4, 0.5) is 5.69 Å². The van der Waals surface area contributed by atoms with Crippen LogP contribution in [0.3, 0.4) is 0 Å². The van der Waals surface area contributed by atoms with Gasteiger partial charge in [0, 0.05) is 28.8 Å². The van der Waals surface area contributed by atoms with Crippen molar-refractivity contribution in [1.29, 1.82) is 15.8 Å². The van der Waals surface area contributed by atoms with Gasteiger partial charge in [0.15, 0.2) is 16.1 Å². The van der Waals surface area contributed by atoms with Gasteiger partial charge in [0.05, 0.1) is 84.4 Å². The maximum atomic E-state index is 12.8. The topological polar surface area (TPSA) is 415 Å². The SMILES string of the molecule is C=CCN1C(=O)/C(=C\c2ccc(OC)cc2)C(=O)NC1=S.CC1=C(C#N)C(=O)N(CC(C)O)C(=O)/C1=C/c1ccc(-c2ccc(Cl)cc2)o1.CCCCSC1=C(C#N)C(=O)NC(c2ccc(OC)cc2)S1.CCCCSC1=C(C#N)C(=O)NC(c2ccco2)S1.Cc1cccc(N=C2NC(=O)/C(=C\c3ccco3)S2)c1Cl.O=C(NC1C(=O)/C(=C\C=C\c2ccco2)SC1=S)c1ccccc1O. The van der Waals surface area contributed by atoms with Crippen LogP contribution in [0.25, 0.3) is 35.6 Å². The Balaban J connectivity index is 0.000000169. The predicted octanol–water partition coefficient (Wildman–Crippen LogP) is 19.8. The average Bonchev–Trinajstić information content (AvgIpc) is 1.17. The molecule has 8 amide bonds. The Hall–Kier alpha value is -13.1. The van der Waals surface area contributed by atoms with Crippen molar-refractivity contribution in [3.05, 3.63) is 314 Å². The number of phenols is 1. The third kappa shape index (κ3) is 29.0. The quantitative estimate of drug-likeness (QED) is 0.00698. The molecule has 10 heterocycles. The normalized spacial score (nSPS) is 18.1. The predicted molar refractivity (Wildman–Crippen MR) is 542 cm³/mol. The van der Waals surface area contributed by atoms with Crippen molar-refractivity contribution in [2.45, 2.75) is 83.2 Å². The van der Waals surface area contributed by atoms with E-state index in [0.717, 1.165) is 90.3 Å². The highest BCUT2D eigenvalue weighted by atomic mass is 35.5. The van der Waals surface area contributed by atoms with E-state index in [4.69, 9.17) is 80.0 Å². The number of nitrogens with one attached hydrogen (secondary N) is 5. The number of hydrogen-bond acceptors (Lipinski definition) is 29. The van der Waals surface area contributed by atoms with Gasteiger partial charge in [-0.05, 0) is 231 Å². The highest BCUT2D eigenvalue weighted by molar-refractivity contribution is 8.27. The van der Waals surface area contributed by atoms with Crippen LogP contribution < -0.4 is 36.1 Å². The second-order valence-corrected chi connectivity index (χ2v) is 37.9. The number of aliphatic hydroxyl groups is 1. The van der Waals surface area contributed by atoms with E-state index in [1.54, 1.807) is 185 Å². The number of methoxy groups -OCH3 is 2. The van der Waals surface area contributed by atoms with Gasteiger partial charge >= 0.3 is 0 Å². The molecule has 28 nitrogen and oxygen atoms in total. The fourth-order valence-electron chi connectivity index (χ4n) is 12.2. The number of benzene rings is 5. The first kappa shape index (κ1) is 105. The molecule has 6 aliphatic heterocycles. The zero-order chi connectivity index (χ0) is 98.1. The number of phenolic OH excluding ortho intramolecular Hbond substituents is 1. The van der Waals surface area contributed by atoms with E-state index in [0.29, 0.717) is 69.5 Å². The molecule has 3 saturated heterocycles. The Kier molecular flexibility index (Phi) is 40.2. The number of carbonyl (C=O) groups excluding carboxylic acids is 9. The van der Waals surface area contributed by atoms with Crippen LogP contribution in [0.1, 0.15) is 114 Å². The number of nitriles is 3. The molecule has 698 valence electrons. The summed E-state index contributed by atoms with van der Waals surface area (Å²) in [5.74, 6) is 2.31. The molecule has 4 unspecified atom stereocenters. The number of nitrogens with zero attached hydrogens (tertiary/aromatic N) is 6. The summed E-state index contributed by atoms with van der Waals surface area (Å²) in [4.78, 5) is 118. The van der Waals surface area contributed by atoms with Gasteiger partial charge in [-0.15, -0.1) is 30.1 Å². The second kappa shape index (κ2) is 52.1. The molecule has 15 rings (SSSR count). The minimum atomic E-state index is -0.910. The summed E-state index contributed by atoms with van der Waals surface area (Å²) in [5, 5.41) is 61.8. The number of amides is 8. The lowest BCUT2D eigenvalue weighted by atomic mass is 9.94. The highest BCUT2D eigenvalue weighted by Crippen LogP contribution is 2.46. The molecule has 3 fully saturated rings. The zero-order valence-electron chi connectivity index (χ0n) is 73.8. The molecule has 0 saturated carbocycles. The molecule has 7 N–H and O–H groups in total. The number of aliphatic hydroxyl groups excluding tert-OH is 1. The van der Waals surface area contributed by atoms with Crippen molar-refractivity contribution in [2.24, 2.45) is 4.99 Å². The molecule has 9 aromatic rings. The summed E-state index contributed by atoms with van der Waals surface area (Å²) in [5.41, 5.74) is 5.02. The highest BCUT2D eigenvalue weighted by Gasteiger charge is 2.40. The van der Waals surface area contributed by atoms with Crippen LogP contribution in [0.5, 0.6) is 17.2 Å². The Morgan fingerprint density at radius 1 is 0.647 bits per heavy atom. The minimum Gasteiger partial charge on any atom is -0.507 e. The number of aliphatic imine (C=N–C) groups is 1. The van der Waals surface area contributed by atoms with Crippen LogP contribution in [0, 0.1) is 40.9 Å². The Morgan fingerprint density at radius 2 is 1.25 bits per heavy atom. The third-order valence-corrected chi connectivity index (χ3v) is 28.0. The van der Waals surface area contributed by atoms with Gasteiger partial charge in [-0.1, -0.05) is 158 Å². The van der Waals surface area contributed by atoms with Gasteiger partial charge in [0.25, 0.3) is 47.3 Å². The molecule has 136 heavy (non-hydrogen) atoms. The smallest absolute Gasteiger partial charge is 0.271 e. The van der Waals surface area contributed by atoms with E-state index >= 15 is 0 Å². The number of amidine groups is 1. The van der Waals surface area contributed by atoms with Gasteiger partial charge in [-0.25, -0.2) is 4.99 Å². The number of thiocarbonyl (C=S) groups is 2. The summed E-state index contributed by atoms with van der Waals surface area (Å²) in [6.45, 7) is 12.8. The number of imide groups is 1. The number of β-amino-alcohol motifs (C(OH)–C–C–N with tert-alkyl or cyclic N) is 1. The van der Waals surface area contributed by atoms with Crippen LogP contribution >= 0.6 is 118 Å². The summed E-state index contributed by atoms with van der Waals surface area (Å²) >= 11 is 30.9. The third-order valence-electron chi connectivity index (χ3n) is 19.3. The number of furan rings is 4. The van der Waals surface area contributed by atoms with Crippen molar-refractivity contribution in [3.63, 3.8) is 0 Å². The first-order valence-electron chi connectivity index (χ1n) is 41.4. The van der Waals surface area contributed by atoms with Crippen molar-refractivity contribution in [3.8, 4) is 46.8 Å². The monoisotopic (exact) mass is 2020 g/mol. The van der Waals surface area contributed by atoms with E-state index in [-0.39, 0.29) is 97.2 Å². The average molecular weight is 2020 g/mol. The molecule has 0 radical (unpaired) electrons. The summed E-state index contributed by atoms with van der Waals surface area (Å²) in [6.07, 6.45) is 19.4. The number of hydrogen-bond donors (Lipinski definition) is 7. The molecule has 0 spiro atoms. The lowest BCUT2D eigenvalue weighted by Gasteiger charge is -2.28. The van der Waals surface area contributed by atoms with Crippen molar-refractivity contribution in [2.75, 3.05) is 38.8 Å². The molecule has 6 aliphatic rings. The van der Waals surface area contributed by atoms with Crippen LogP contribution in [0.2, 0.25) is 10.0 Å². The molecule has 0 aliphatic carbocycles. The molecule has 0 bridgehead atoms. The number of Topliss-reactive ketones (excluding diaryl/α,β-unsaturated/α-hetero) is 1. The summed E-state index contributed by atoms with van der Waals surface area (Å²) < 4.78 is 33.7. The Bertz CT molecular complexity index is 6400. The minimum absolute atomic E-state index is 0.0376. The van der Waals surface area contributed by atoms with Crippen LogP contribution in [-0.4, -0.2) is 138 Å². The number of ketones is 1. The number of thioether (sulfide) groups is 6. The number of aryl methyl sites for hydroxylation is 1. The number of carbonyl (C=O) groups is 9. The number of halogens is 2. The van der Waals surface area contributed by atoms with Crippen LogP contribution in [0.15, 0.2) is 282 Å². The first-order valence-corrected chi connectivity index (χ1v) is 48.3. The van der Waals surface area contributed by atoms with Crippen molar-refractivity contribution in [1.82, 2.24) is 36.4 Å². The summed E-state index contributed by atoms with van der Waals surface area (Å²) in [7, 11) is 3.19. The number of para-hydroxylation sites is 1. The maximum absolute atomic E-state index is 12.8. The largest absolute Gasteiger partial charge is 0.507 e. The lowest BCUT2D eigenvalue weighted by Crippen LogP contribution is -2.53.